The number of fused-ring (bicyclic) bond motifs is 2. The molecule has 4 aromatic rings. The summed E-state index contributed by atoms with van der Waals surface area (Å²) in [6, 6.07) is 15.5. The Kier molecular flexibility index (Phi) is 3.60. The van der Waals surface area contributed by atoms with Gasteiger partial charge in [0, 0.05) is 24.5 Å². The summed E-state index contributed by atoms with van der Waals surface area (Å²) < 4.78 is 1.83. The maximum Gasteiger partial charge on any atom is 0.326 e. The summed E-state index contributed by atoms with van der Waals surface area (Å²) in [5, 5.41) is 7.98. The number of hydrogen-bond donors (Lipinski definition) is 2. The molecule has 2 aromatic heterocycles. The number of carbonyl (C=O) groups is 1. The summed E-state index contributed by atoms with van der Waals surface area (Å²) in [5.41, 5.74) is 3.02. The lowest BCUT2D eigenvalue weighted by Gasteiger charge is -2.32. The van der Waals surface area contributed by atoms with Crippen LogP contribution < -0.4 is 5.69 Å². The lowest BCUT2D eigenvalue weighted by atomic mass is 10.0. The second kappa shape index (κ2) is 6.12. The van der Waals surface area contributed by atoms with E-state index in [0.717, 1.165) is 34.8 Å². The second-order valence-corrected chi connectivity index (χ2v) is 6.96. The quantitative estimate of drug-likeness (QED) is 0.575. The summed E-state index contributed by atoms with van der Waals surface area (Å²) >= 11 is 0. The molecule has 1 aliphatic rings. The summed E-state index contributed by atoms with van der Waals surface area (Å²) in [6.45, 7) is 1.22. The third-order valence-corrected chi connectivity index (χ3v) is 5.41. The Morgan fingerprint density at radius 1 is 1.00 bits per heavy atom. The minimum absolute atomic E-state index is 0.0582. The topological polar surface area (TPSA) is 86.8 Å². The van der Waals surface area contributed by atoms with E-state index in [1.54, 1.807) is 0 Å². The van der Waals surface area contributed by atoms with Crippen LogP contribution in [0.5, 0.6) is 0 Å². The SMILES string of the molecule is O=C(c1n[nH]c2ccccc12)N1CCC(n2c(=O)[nH]c3ccccc32)CC1. The molecule has 1 fully saturated rings. The fourth-order valence-electron chi connectivity index (χ4n) is 4.04. The monoisotopic (exact) mass is 361 g/mol. The molecule has 0 unspecified atom stereocenters. The molecule has 136 valence electrons. The van der Waals surface area contributed by atoms with E-state index < -0.39 is 0 Å². The summed E-state index contributed by atoms with van der Waals surface area (Å²) in [5.74, 6) is -0.0582. The van der Waals surface area contributed by atoms with Crippen LogP contribution in [0.4, 0.5) is 0 Å². The number of piperidine rings is 1. The molecule has 0 saturated carbocycles. The number of H-pyrrole nitrogens is 2. The van der Waals surface area contributed by atoms with E-state index in [1.807, 2.05) is 58.0 Å². The first-order valence-electron chi connectivity index (χ1n) is 9.14. The van der Waals surface area contributed by atoms with Crippen molar-refractivity contribution in [2.75, 3.05) is 13.1 Å². The van der Waals surface area contributed by atoms with Crippen LogP contribution in [0.2, 0.25) is 0 Å². The zero-order chi connectivity index (χ0) is 18.4. The number of rotatable bonds is 2. The fraction of sp³-hybridized carbons (Fsp3) is 0.250. The van der Waals surface area contributed by atoms with Crippen molar-refractivity contribution in [2.45, 2.75) is 18.9 Å². The van der Waals surface area contributed by atoms with E-state index >= 15 is 0 Å². The number of amides is 1. The molecule has 0 radical (unpaired) electrons. The summed E-state index contributed by atoms with van der Waals surface area (Å²) in [6.07, 6.45) is 1.49. The van der Waals surface area contributed by atoms with Crippen molar-refractivity contribution >= 4 is 27.8 Å². The molecular formula is C20H19N5O2. The van der Waals surface area contributed by atoms with Gasteiger partial charge in [-0.2, -0.15) is 5.10 Å². The minimum Gasteiger partial charge on any atom is -0.337 e. The Hall–Kier alpha value is -3.35. The fourth-order valence-corrected chi connectivity index (χ4v) is 4.04. The molecule has 7 heteroatoms. The minimum atomic E-state index is -0.0840. The van der Waals surface area contributed by atoms with Crippen molar-refractivity contribution in [2.24, 2.45) is 0 Å². The lowest BCUT2D eigenvalue weighted by Crippen LogP contribution is -2.40. The standard InChI is InChI=1S/C20H19N5O2/c26-19(18-14-5-1-2-6-15(14)22-23-18)24-11-9-13(10-12-24)25-17-8-4-3-7-16(17)21-20(25)27/h1-8,13H,9-12H2,(H,21,27)(H,22,23). The molecule has 1 saturated heterocycles. The van der Waals surface area contributed by atoms with E-state index in [-0.39, 0.29) is 17.6 Å². The van der Waals surface area contributed by atoms with E-state index in [0.29, 0.717) is 18.8 Å². The number of aromatic amines is 2. The Balaban J connectivity index is 1.38. The third-order valence-electron chi connectivity index (χ3n) is 5.41. The van der Waals surface area contributed by atoms with Gasteiger partial charge in [0.1, 0.15) is 0 Å². The highest BCUT2D eigenvalue weighted by molar-refractivity contribution is 6.04. The Morgan fingerprint density at radius 3 is 2.52 bits per heavy atom. The Labute approximate surface area is 154 Å². The maximum absolute atomic E-state index is 12.9. The van der Waals surface area contributed by atoms with Gasteiger partial charge in [-0.05, 0) is 31.0 Å². The molecular weight excluding hydrogens is 342 g/mol. The largest absolute Gasteiger partial charge is 0.337 e. The zero-order valence-electron chi connectivity index (χ0n) is 14.7. The number of hydrogen-bond acceptors (Lipinski definition) is 3. The highest BCUT2D eigenvalue weighted by Gasteiger charge is 2.28. The number of likely N-dealkylation sites (tertiary alicyclic amines) is 1. The van der Waals surface area contributed by atoms with Crippen molar-refractivity contribution < 1.29 is 4.79 Å². The van der Waals surface area contributed by atoms with Crippen LogP contribution in [0.15, 0.2) is 53.3 Å². The van der Waals surface area contributed by atoms with E-state index in [9.17, 15) is 9.59 Å². The van der Waals surface area contributed by atoms with Gasteiger partial charge in [0.25, 0.3) is 5.91 Å². The number of aromatic nitrogens is 4. The first-order chi connectivity index (χ1) is 13.2. The molecule has 1 amide bonds. The zero-order valence-corrected chi connectivity index (χ0v) is 14.7. The highest BCUT2D eigenvalue weighted by atomic mass is 16.2. The Bertz CT molecular complexity index is 1190. The first-order valence-corrected chi connectivity index (χ1v) is 9.14. The molecule has 0 aliphatic carbocycles. The molecule has 3 heterocycles. The summed E-state index contributed by atoms with van der Waals surface area (Å²) in [7, 11) is 0. The molecule has 0 spiro atoms. The van der Waals surface area contributed by atoms with Crippen molar-refractivity contribution in [3.63, 3.8) is 0 Å². The first kappa shape index (κ1) is 15.9. The number of nitrogens with one attached hydrogen (secondary N) is 2. The van der Waals surface area contributed by atoms with E-state index in [1.165, 1.54) is 0 Å². The van der Waals surface area contributed by atoms with Gasteiger partial charge in [0.05, 0.1) is 16.6 Å². The van der Waals surface area contributed by atoms with Gasteiger partial charge < -0.3 is 9.88 Å². The molecule has 2 aromatic carbocycles. The smallest absolute Gasteiger partial charge is 0.326 e. The molecule has 7 nitrogen and oxygen atoms in total. The van der Waals surface area contributed by atoms with Crippen molar-refractivity contribution in [1.82, 2.24) is 24.6 Å². The van der Waals surface area contributed by atoms with Gasteiger partial charge in [-0.15, -0.1) is 0 Å². The lowest BCUT2D eigenvalue weighted by molar-refractivity contribution is 0.0691. The predicted molar refractivity (Wildman–Crippen MR) is 103 cm³/mol. The van der Waals surface area contributed by atoms with Crippen molar-refractivity contribution in [3.05, 3.63) is 64.7 Å². The Morgan fingerprint density at radius 2 is 1.70 bits per heavy atom. The van der Waals surface area contributed by atoms with Gasteiger partial charge >= 0.3 is 5.69 Å². The third kappa shape index (κ3) is 2.54. The van der Waals surface area contributed by atoms with Crippen LogP contribution in [0.3, 0.4) is 0 Å². The normalized spacial score (nSPS) is 15.6. The van der Waals surface area contributed by atoms with Crippen LogP contribution in [0, 0.1) is 0 Å². The molecule has 0 bridgehead atoms. The average molecular weight is 361 g/mol. The second-order valence-electron chi connectivity index (χ2n) is 6.96. The number of carbonyl (C=O) groups excluding carboxylic acids is 1. The van der Waals surface area contributed by atoms with Gasteiger partial charge in [0.15, 0.2) is 5.69 Å². The van der Waals surface area contributed by atoms with Gasteiger partial charge in [-0.25, -0.2) is 4.79 Å². The van der Waals surface area contributed by atoms with E-state index in [4.69, 9.17) is 0 Å². The molecule has 27 heavy (non-hydrogen) atoms. The number of para-hydroxylation sites is 3. The molecule has 1 aliphatic heterocycles. The van der Waals surface area contributed by atoms with Crippen LogP contribution >= 0.6 is 0 Å². The molecule has 2 N–H and O–H groups in total. The van der Waals surface area contributed by atoms with Gasteiger partial charge in [-0.1, -0.05) is 30.3 Å². The van der Waals surface area contributed by atoms with E-state index in [2.05, 4.69) is 15.2 Å². The maximum atomic E-state index is 12.9. The average Bonchev–Trinajstić information content (AvgIpc) is 3.28. The van der Waals surface area contributed by atoms with Crippen molar-refractivity contribution in [1.29, 1.82) is 0 Å². The molecule has 5 rings (SSSR count). The van der Waals surface area contributed by atoms with Gasteiger partial charge in [-0.3, -0.25) is 14.5 Å². The van der Waals surface area contributed by atoms with Crippen LogP contribution in [0.25, 0.3) is 21.9 Å². The van der Waals surface area contributed by atoms with Crippen molar-refractivity contribution in [3.8, 4) is 0 Å². The number of nitrogens with zero attached hydrogens (tertiary/aromatic N) is 3. The highest BCUT2D eigenvalue weighted by Crippen LogP contribution is 2.26. The van der Waals surface area contributed by atoms with Gasteiger partial charge in [0.2, 0.25) is 0 Å². The predicted octanol–water partition coefficient (Wildman–Crippen LogP) is 2.68. The molecule has 0 atom stereocenters. The number of imidazole rings is 1. The number of benzene rings is 2. The summed E-state index contributed by atoms with van der Waals surface area (Å²) in [4.78, 5) is 30.1. The van der Waals surface area contributed by atoms with Crippen LogP contribution in [0.1, 0.15) is 29.4 Å². The van der Waals surface area contributed by atoms with Crippen LogP contribution in [-0.4, -0.2) is 43.6 Å². The van der Waals surface area contributed by atoms with Crippen LogP contribution in [-0.2, 0) is 0 Å².